The van der Waals surface area contributed by atoms with Crippen LogP contribution < -0.4 is 10.0 Å². The highest BCUT2D eigenvalue weighted by Crippen LogP contribution is 2.28. The predicted molar refractivity (Wildman–Crippen MR) is 101 cm³/mol. The number of nitrogens with one attached hydrogen (secondary N) is 3. The van der Waals surface area contributed by atoms with E-state index in [1.54, 1.807) is 13.8 Å². The Balaban J connectivity index is 1.94. The van der Waals surface area contributed by atoms with Crippen LogP contribution in [0.1, 0.15) is 29.4 Å². The second-order valence-electron chi connectivity index (χ2n) is 6.04. The van der Waals surface area contributed by atoms with Gasteiger partial charge in [-0.2, -0.15) is 0 Å². The second-order valence-corrected chi connectivity index (χ2v) is 7.89. The molecule has 28 heavy (non-hydrogen) atoms. The summed E-state index contributed by atoms with van der Waals surface area (Å²) in [6, 6.07) is 1.82. The molecule has 3 rings (SSSR count). The van der Waals surface area contributed by atoms with Crippen LogP contribution in [0.15, 0.2) is 24.7 Å². The van der Waals surface area contributed by atoms with Crippen LogP contribution in [0.25, 0.3) is 11.0 Å². The van der Waals surface area contributed by atoms with Crippen molar-refractivity contribution in [2.24, 2.45) is 0 Å². The summed E-state index contributed by atoms with van der Waals surface area (Å²) in [5.74, 6) is -3.30. The van der Waals surface area contributed by atoms with Gasteiger partial charge in [0.15, 0.2) is 5.82 Å². The van der Waals surface area contributed by atoms with Gasteiger partial charge < -0.3 is 10.3 Å². The van der Waals surface area contributed by atoms with Gasteiger partial charge in [-0.1, -0.05) is 6.92 Å². The molecule has 0 aliphatic carbocycles. The average molecular weight is 409 g/mol. The van der Waals surface area contributed by atoms with E-state index in [1.807, 2.05) is 0 Å². The number of rotatable bonds is 6. The summed E-state index contributed by atoms with van der Waals surface area (Å²) in [7, 11) is -3.79. The van der Waals surface area contributed by atoms with E-state index < -0.39 is 38.9 Å². The molecule has 3 N–H and O–H groups in total. The lowest BCUT2D eigenvalue weighted by Gasteiger charge is -2.12. The number of anilines is 2. The van der Waals surface area contributed by atoms with E-state index in [2.05, 4.69) is 25.0 Å². The Bertz CT molecular complexity index is 1160. The van der Waals surface area contributed by atoms with Crippen LogP contribution >= 0.6 is 0 Å². The molecule has 0 aliphatic rings. The van der Waals surface area contributed by atoms with Gasteiger partial charge in [0.05, 0.1) is 28.2 Å². The number of halogens is 2. The van der Waals surface area contributed by atoms with Crippen LogP contribution in [0, 0.1) is 18.6 Å². The Morgan fingerprint density at radius 3 is 2.71 bits per heavy atom. The third-order valence-electron chi connectivity index (χ3n) is 3.97. The summed E-state index contributed by atoms with van der Waals surface area (Å²) < 4.78 is 54.6. The van der Waals surface area contributed by atoms with Crippen molar-refractivity contribution >= 4 is 38.3 Å². The van der Waals surface area contributed by atoms with Gasteiger partial charge in [0, 0.05) is 6.20 Å². The molecule has 0 spiro atoms. The van der Waals surface area contributed by atoms with Gasteiger partial charge in [0.25, 0.3) is 5.91 Å². The van der Waals surface area contributed by atoms with Crippen molar-refractivity contribution in [2.75, 3.05) is 15.8 Å². The molecule has 2 aromatic heterocycles. The van der Waals surface area contributed by atoms with Gasteiger partial charge in [-0.05, 0) is 25.5 Å². The Hall–Kier alpha value is -3.08. The summed E-state index contributed by atoms with van der Waals surface area (Å²) in [6.45, 7) is 3.37. The number of aryl methyl sites for hydroxylation is 1. The first kappa shape index (κ1) is 19.7. The number of fused-ring (bicyclic) bond motifs is 1. The molecule has 0 aliphatic heterocycles. The lowest BCUT2D eigenvalue weighted by Crippen LogP contribution is -2.19. The maximum Gasteiger partial charge on any atom is 0.259 e. The highest BCUT2D eigenvalue weighted by molar-refractivity contribution is 7.92. The number of H-pyrrole nitrogens is 1. The lowest BCUT2D eigenvalue weighted by molar-refractivity contribution is 0.102. The van der Waals surface area contributed by atoms with E-state index in [9.17, 15) is 22.0 Å². The molecule has 2 heterocycles. The highest BCUT2D eigenvalue weighted by atomic mass is 32.2. The Kier molecular flexibility index (Phi) is 5.27. The number of amides is 1. The monoisotopic (exact) mass is 409 g/mol. The smallest absolute Gasteiger partial charge is 0.259 e. The van der Waals surface area contributed by atoms with E-state index >= 15 is 0 Å². The van der Waals surface area contributed by atoms with Crippen molar-refractivity contribution in [2.45, 2.75) is 20.3 Å². The first-order chi connectivity index (χ1) is 13.2. The Morgan fingerprint density at radius 2 is 2.00 bits per heavy atom. The molecule has 0 saturated carbocycles. The topological polar surface area (TPSA) is 117 Å². The number of carbonyl (C=O) groups excluding carboxylic acids is 1. The molecule has 148 valence electrons. The molecule has 8 nitrogen and oxygen atoms in total. The van der Waals surface area contributed by atoms with E-state index in [4.69, 9.17) is 0 Å². The Morgan fingerprint density at radius 1 is 1.25 bits per heavy atom. The minimum atomic E-state index is -3.79. The SMILES string of the molecule is CCCS(=O)(=O)Nc1ccc(F)c(NC(=O)c2c[nH]c3c(C)ncnc23)c1F. The molecule has 0 unspecified atom stereocenters. The largest absolute Gasteiger partial charge is 0.358 e. The predicted octanol–water partition coefficient (Wildman–Crippen LogP) is 2.95. The van der Waals surface area contributed by atoms with Gasteiger partial charge in [-0.25, -0.2) is 27.2 Å². The number of hydrogen-bond donors (Lipinski definition) is 3. The summed E-state index contributed by atoms with van der Waals surface area (Å²) in [4.78, 5) is 23.4. The van der Waals surface area contributed by atoms with Crippen LogP contribution in [0.2, 0.25) is 0 Å². The van der Waals surface area contributed by atoms with Crippen molar-refractivity contribution in [3.05, 3.63) is 47.5 Å². The maximum absolute atomic E-state index is 14.7. The van der Waals surface area contributed by atoms with Crippen LogP contribution in [0.5, 0.6) is 0 Å². The van der Waals surface area contributed by atoms with Crippen molar-refractivity contribution in [3.63, 3.8) is 0 Å². The molecule has 0 saturated heterocycles. The minimum absolute atomic E-state index is 0.0660. The van der Waals surface area contributed by atoms with E-state index in [-0.39, 0.29) is 11.3 Å². The van der Waals surface area contributed by atoms with Crippen LogP contribution in [0.4, 0.5) is 20.2 Å². The molecule has 0 radical (unpaired) electrons. The fraction of sp³-hybridized carbons (Fsp3) is 0.235. The number of sulfonamides is 1. The zero-order valence-corrected chi connectivity index (χ0v) is 15.8. The summed E-state index contributed by atoms with van der Waals surface area (Å²) in [5.41, 5.74) is 0.273. The number of aromatic nitrogens is 3. The molecule has 1 amide bonds. The molecular weight excluding hydrogens is 392 g/mol. The summed E-state index contributed by atoms with van der Waals surface area (Å²) >= 11 is 0. The lowest BCUT2D eigenvalue weighted by atomic mass is 10.2. The van der Waals surface area contributed by atoms with Gasteiger partial charge >= 0.3 is 0 Å². The van der Waals surface area contributed by atoms with Crippen molar-refractivity contribution in [1.82, 2.24) is 15.0 Å². The van der Waals surface area contributed by atoms with Crippen molar-refractivity contribution in [3.8, 4) is 0 Å². The van der Waals surface area contributed by atoms with E-state index in [1.165, 1.54) is 12.5 Å². The standard InChI is InChI=1S/C17H17F2N5O3S/c1-3-6-28(26,27)24-12-5-4-11(18)16(13(12)19)23-17(25)10-7-20-14-9(2)21-8-22-15(10)14/h4-5,7-8,20,24H,3,6H2,1-2H3,(H,23,25). The number of aromatic amines is 1. The zero-order valence-electron chi connectivity index (χ0n) is 15.0. The average Bonchev–Trinajstić information content (AvgIpc) is 3.06. The fourth-order valence-corrected chi connectivity index (χ4v) is 3.78. The van der Waals surface area contributed by atoms with E-state index in [0.717, 1.165) is 12.1 Å². The number of benzene rings is 1. The third kappa shape index (κ3) is 3.79. The van der Waals surface area contributed by atoms with Gasteiger partial charge in [-0.15, -0.1) is 0 Å². The van der Waals surface area contributed by atoms with Gasteiger partial charge in [0.2, 0.25) is 10.0 Å². The van der Waals surface area contributed by atoms with Crippen molar-refractivity contribution < 1.29 is 22.0 Å². The first-order valence-electron chi connectivity index (χ1n) is 8.32. The summed E-state index contributed by atoms with van der Waals surface area (Å²) in [5, 5.41) is 2.15. The van der Waals surface area contributed by atoms with E-state index in [0.29, 0.717) is 23.1 Å². The zero-order chi connectivity index (χ0) is 20.5. The van der Waals surface area contributed by atoms with Gasteiger partial charge in [0.1, 0.15) is 23.3 Å². The molecule has 0 atom stereocenters. The normalized spacial score (nSPS) is 11.6. The quantitative estimate of drug-likeness (QED) is 0.579. The molecule has 1 aromatic carbocycles. The second kappa shape index (κ2) is 7.50. The summed E-state index contributed by atoms with van der Waals surface area (Å²) in [6.07, 6.45) is 2.95. The molecular formula is C17H17F2N5O3S. The molecule has 3 aromatic rings. The van der Waals surface area contributed by atoms with Crippen LogP contribution in [-0.2, 0) is 10.0 Å². The Labute approximate surface area is 159 Å². The van der Waals surface area contributed by atoms with Crippen molar-refractivity contribution in [1.29, 1.82) is 0 Å². The number of carbonyl (C=O) groups is 1. The number of nitrogens with zero attached hydrogens (tertiary/aromatic N) is 2. The fourth-order valence-electron chi connectivity index (χ4n) is 2.65. The molecule has 0 fully saturated rings. The minimum Gasteiger partial charge on any atom is -0.358 e. The van der Waals surface area contributed by atoms with Crippen LogP contribution in [0.3, 0.4) is 0 Å². The highest BCUT2D eigenvalue weighted by Gasteiger charge is 2.22. The first-order valence-corrected chi connectivity index (χ1v) is 9.97. The number of hydrogen-bond acceptors (Lipinski definition) is 5. The van der Waals surface area contributed by atoms with Crippen LogP contribution in [-0.4, -0.2) is 35.0 Å². The molecule has 0 bridgehead atoms. The van der Waals surface area contributed by atoms with Gasteiger partial charge in [-0.3, -0.25) is 9.52 Å². The maximum atomic E-state index is 14.7. The molecule has 11 heteroatoms. The third-order valence-corrected chi connectivity index (χ3v) is 5.44.